The maximum atomic E-state index is 12.5. The molecular formula is C22H25N3O. The molecule has 134 valence electrons. The van der Waals surface area contributed by atoms with Gasteiger partial charge in [0.15, 0.2) is 0 Å². The summed E-state index contributed by atoms with van der Waals surface area (Å²) in [6.45, 7) is 7.00. The van der Waals surface area contributed by atoms with E-state index < -0.39 is 5.66 Å². The van der Waals surface area contributed by atoms with Crippen molar-refractivity contribution >= 4 is 11.6 Å². The first-order valence-corrected chi connectivity index (χ1v) is 9.30. The molecule has 2 aromatic rings. The van der Waals surface area contributed by atoms with Gasteiger partial charge in [-0.2, -0.15) is 0 Å². The molecule has 0 unspecified atom stereocenters. The SMILES string of the molecule is Cc1ccc(CN2CCC3(CC2)N=C(c2ccc(C)cc2)C(=O)N3)cc1. The molecule has 2 aliphatic rings. The molecule has 0 aliphatic carbocycles. The minimum Gasteiger partial charge on any atom is -0.326 e. The lowest BCUT2D eigenvalue weighted by molar-refractivity contribution is -0.115. The van der Waals surface area contributed by atoms with E-state index in [4.69, 9.17) is 4.99 Å². The highest BCUT2D eigenvalue weighted by Crippen LogP contribution is 2.29. The van der Waals surface area contributed by atoms with E-state index in [1.807, 2.05) is 31.2 Å². The van der Waals surface area contributed by atoms with Crippen molar-refractivity contribution in [3.05, 3.63) is 70.8 Å². The first-order chi connectivity index (χ1) is 12.5. The molecule has 0 radical (unpaired) electrons. The molecule has 0 bridgehead atoms. The van der Waals surface area contributed by atoms with E-state index >= 15 is 0 Å². The Labute approximate surface area is 154 Å². The Bertz CT molecular complexity index is 829. The topological polar surface area (TPSA) is 44.7 Å². The van der Waals surface area contributed by atoms with Gasteiger partial charge in [-0.1, -0.05) is 59.7 Å². The summed E-state index contributed by atoms with van der Waals surface area (Å²) in [7, 11) is 0. The molecule has 4 rings (SSSR count). The van der Waals surface area contributed by atoms with Crippen molar-refractivity contribution in [2.75, 3.05) is 13.1 Å². The van der Waals surface area contributed by atoms with Crippen LogP contribution >= 0.6 is 0 Å². The second-order valence-electron chi connectivity index (χ2n) is 7.57. The highest BCUT2D eigenvalue weighted by atomic mass is 16.2. The number of aliphatic imine (C=N–C) groups is 1. The lowest BCUT2D eigenvalue weighted by Crippen LogP contribution is -2.50. The fraction of sp³-hybridized carbons (Fsp3) is 0.364. The highest BCUT2D eigenvalue weighted by molar-refractivity contribution is 6.46. The fourth-order valence-electron chi connectivity index (χ4n) is 3.74. The highest BCUT2D eigenvalue weighted by Gasteiger charge is 2.41. The summed E-state index contributed by atoms with van der Waals surface area (Å²) in [5.74, 6) is -0.0409. The third-order valence-corrected chi connectivity index (χ3v) is 5.42. The van der Waals surface area contributed by atoms with Crippen LogP contribution in [0.3, 0.4) is 0 Å². The van der Waals surface area contributed by atoms with Gasteiger partial charge in [0.2, 0.25) is 0 Å². The number of carbonyl (C=O) groups excluding carboxylic acids is 1. The predicted octanol–water partition coefficient (Wildman–Crippen LogP) is 3.21. The third kappa shape index (κ3) is 3.42. The summed E-state index contributed by atoms with van der Waals surface area (Å²) in [5, 5.41) is 3.15. The van der Waals surface area contributed by atoms with Crippen molar-refractivity contribution in [3.8, 4) is 0 Å². The van der Waals surface area contributed by atoms with Crippen LogP contribution in [0, 0.1) is 13.8 Å². The number of rotatable bonds is 3. The second kappa shape index (κ2) is 6.69. The van der Waals surface area contributed by atoms with Crippen LogP contribution in [-0.4, -0.2) is 35.3 Å². The Morgan fingerprint density at radius 2 is 1.54 bits per heavy atom. The number of nitrogens with zero attached hydrogens (tertiary/aromatic N) is 2. The summed E-state index contributed by atoms with van der Waals surface area (Å²) in [4.78, 5) is 19.8. The first kappa shape index (κ1) is 17.0. The Balaban J connectivity index is 1.44. The lowest BCUT2D eigenvalue weighted by Gasteiger charge is -2.37. The van der Waals surface area contributed by atoms with Gasteiger partial charge in [-0.15, -0.1) is 0 Å². The van der Waals surface area contributed by atoms with Crippen molar-refractivity contribution in [1.29, 1.82) is 0 Å². The van der Waals surface area contributed by atoms with Gasteiger partial charge in [0.25, 0.3) is 5.91 Å². The van der Waals surface area contributed by atoms with E-state index in [1.165, 1.54) is 16.7 Å². The Hall–Kier alpha value is -2.46. The van der Waals surface area contributed by atoms with Gasteiger partial charge in [0.1, 0.15) is 11.4 Å². The van der Waals surface area contributed by atoms with Crippen LogP contribution in [0.4, 0.5) is 0 Å². The molecule has 1 fully saturated rings. The van der Waals surface area contributed by atoms with Crippen molar-refractivity contribution in [1.82, 2.24) is 10.2 Å². The van der Waals surface area contributed by atoms with Crippen molar-refractivity contribution in [2.45, 2.75) is 38.9 Å². The molecule has 1 saturated heterocycles. The van der Waals surface area contributed by atoms with Crippen LogP contribution in [-0.2, 0) is 11.3 Å². The number of benzene rings is 2. The van der Waals surface area contributed by atoms with Crippen LogP contribution in [0.2, 0.25) is 0 Å². The van der Waals surface area contributed by atoms with E-state index in [0.29, 0.717) is 5.71 Å². The van der Waals surface area contributed by atoms with Gasteiger partial charge in [-0.25, -0.2) is 0 Å². The molecular weight excluding hydrogens is 322 g/mol. The number of carbonyl (C=O) groups is 1. The molecule has 2 aromatic carbocycles. The molecule has 2 heterocycles. The van der Waals surface area contributed by atoms with Gasteiger partial charge in [0.05, 0.1) is 0 Å². The third-order valence-electron chi connectivity index (χ3n) is 5.42. The molecule has 26 heavy (non-hydrogen) atoms. The summed E-state index contributed by atoms with van der Waals surface area (Å²) < 4.78 is 0. The van der Waals surface area contributed by atoms with E-state index in [1.54, 1.807) is 0 Å². The Kier molecular flexibility index (Phi) is 4.37. The lowest BCUT2D eigenvalue weighted by atomic mass is 9.97. The Morgan fingerprint density at radius 1 is 0.962 bits per heavy atom. The zero-order valence-corrected chi connectivity index (χ0v) is 15.5. The normalized spacial score (nSPS) is 19.5. The van der Waals surface area contributed by atoms with Crippen LogP contribution in [0.5, 0.6) is 0 Å². The van der Waals surface area contributed by atoms with Crippen molar-refractivity contribution in [2.24, 2.45) is 4.99 Å². The van der Waals surface area contributed by atoms with Crippen LogP contribution in [0.25, 0.3) is 0 Å². The van der Waals surface area contributed by atoms with Gasteiger partial charge in [-0.3, -0.25) is 14.7 Å². The molecule has 1 amide bonds. The van der Waals surface area contributed by atoms with E-state index in [9.17, 15) is 4.79 Å². The number of aryl methyl sites for hydroxylation is 2. The van der Waals surface area contributed by atoms with Crippen LogP contribution in [0.15, 0.2) is 53.5 Å². The van der Waals surface area contributed by atoms with E-state index in [-0.39, 0.29) is 5.91 Å². The van der Waals surface area contributed by atoms with Crippen molar-refractivity contribution < 1.29 is 4.79 Å². The second-order valence-corrected chi connectivity index (χ2v) is 7.57. The number of hydrogen-bond acceptors (Lipinski definition) is 3. The molecule has 4 nitrogen and oxygen atoms in total. The monoisotopic (exact) mass is 347 g/mol. The standard InChI is InChI=1S/C22H25N3O/c1-16-3-7-18(8-4-16)15-25-13-11-22(12-14-25)23-20(21(26)24-22)19-9-5-17(2)6-10-19/h3-10H,11-15H2,1-2H3,(H,24,26). The quantitative estimate of drug-likeness (QED) is 0.927. The molecule has 0 aromatic heterocycles. The molecule has 2 aliphatic heterocycles. The smallest absolute Gasteiger partial charge is 0.272 e. The molecule has 0 saturated carbocycles. The average Bonchev–Trinajstić information content (AvgIpc) is 2.96. The number of piperidine rings is 1. The summed E-state index contributed by atoms with van der Waals surface area (Å²) in [6, 6.07) is 16.8. The van der Waals surface area contributed by atoms with Gasteiger partial charge in [0, 0.05) is 38.0 Å². The van der Waals surface area contributed by atoms with Gasteiger partial charge < -0.3 is 5.32 Å². The van der Waals surface area contributed by atoms with E-state index in [0.717, 1.165) is 38.0 Å². The van der Waals surface area contributed by atoms with Gasteiger partial charge in [-0.05, 0) is 19.4 Å². The number of nitrogens with one attached hydrogen (secondary N) is 1. The van der Waals surface area contributed by atoms with Crippen molar-refractivity contribution in [3.63, 3.8) is 0 Å². The maximum absolute atomic E-state index is 12.5. The van der Waals surface area contributed by atoms with Gasteiger partial charge >= 0.3 is 0 Å². The van der Waals surface area contributed by atoms with E-state index in [2.05, 4.69) is 41.4 Å². The predicted molar refractivity (Wildman–Crippen MR) is 104 cm³/mol. The van der Waals surface area contributed by atoms with Crippen LogP contribution < -0.4 is 5.32 Å². The Morgan fingerprint density at radius 3 is 2.15 bits per heavy atom. The molecule has 0 atom stereocenters. The fourth-order valence-corrected chi connectivity index (χ4v) is 3.74. The molecule has 1 N–H and O–H groups in total. The van der Waals surface area contributed by atoms with Crippen LogP contribution in [0.1, 0.15) is 35.1 Å². The average molecular weight is 347 g/mol. The number of hydrogen-bond donors (Lipinski definition) is 1. The largest absolute Gasteiger partial charge is 0.326 e. The summed E-state index contributed by atoms with van der Waals surface area (Å²) in [6.07, 6.45) is 1.72. The molecule has 4 heteroatoms. The number of likely N-dealkylation sites (tertiary alicyclic amines) is 1. The zero-order valence-electron chi connectivity index (χ0n) is 15.5. The maximum Gasteiger partial charge on any atom is 0.272 e. The minimum atomic E-state index is -0.416. The summed E-state index contributed by atoms with van der Waals surface area (Å²) in [5.41, 5.74) is 4.89. The molecule has 1 spiro atoms. The first-order valence-electron chi connectivity index (χ1n) is 9.30. The minimum absolute atomic E-state index is 0.0409. The summed E-state index contributed by atoms with van der Waals surface area (Å²) >= 11 is 0. The zero-order chi connectivity index (χ0) is 18.1. The number of amides is 1.